The van der Waals surface area contributed by atoms with Crippen LogP contribution in [0.25, 0.3) is 11.0 Å². The molecule has 0 radical (unpaired) electrons. The molecule has 210 valence electrons. The van der Waals surface area contributed by atoms with Crippen LogP contribution in [0, 0.1) is 23.2 Å². The minimum absolute atomic E-state index is 0.0643. The van der Waals surface area contributed by atoms with Gasteiger partial charge in [0.15, 0.2) is 0 Å². The highest BCUT2D eigenvalue weighted by Gasteiger charge is 2.35. The van der Waals surface area contributed by atoms with Gasteiger partial charge in [-0.1, -0.05) is 24.1 Å². The van der Waals surface area contributed by atoms with Gasteiger partial charge in [0.05, 0.1) is 30.2 Å². The van der Waals surface area contributed by atoms with E-state index in [1.54, 1.807) is 36.1 Å². The largest absolute Gasteiger partial charge is 0.405 e. The molecule has 1 aromatic carbocycles. The number of nitrogens with one attached hydrogen (secondary N) is 1. The Balaban J connectivity index is 2.06. The van der Waals surface area contributed by atoms with Gasteiger partial charge >= 0.3 is 11.9 Å². The van der Waals surface area contributed by atoms with Crippen LogP contribution in [0.2, 0.25) is 0 Å². The van der Waals surface area contributed by atoms with Crippen LogP contribution in [0.3, 0.4) is 0 Å². The monoisotopic (exact) mass is 555 g/mol. The quantitative estimate of drug-likeness (QED) is 0.445. The number of piperidine rings is 1. The van der Waals surface area contributed by atoms with Gasteiger partial charge in [0, 0.05) is 26.2 Å². The maximum Gasteiger partial charge on any atom is 0.405 e. The molecule has 0 bridgehead atoms. The molecule has 1 saturated heterocycles. The SMILES string of the molecule is CC#CCn1c(N2CCC[C@@H](N)C2)c(C(=O)NCC(F)(F)F)c2c1c(=O)n(Cc1ccccc1C#N)c(=O)n2C. The molecule has 0 unspecified atom stereocenters. The number of alkyl halides is 3. The predicted octanol–water partition coefficient (Wildman–Crippen LogP) is 1.66. The van der Waals surface area contributed by atoms with E-state index in [1.807, 2.05) is 11.4 Å². The summed E-state index contributed by atoms with van der Waals surface area (Å²) in [7, 11) is 1.35. The van der Waals surface area contributed by atoms with Crippen LogP contribution in [0.15, 0.2) is 33.9 Å². The molecule has 1 aliphatic rings. The minimum atomic E-state index is -4.68. The van der Waals surface area contributed by atoms with Gasteiger partial charge in [-0.05, 0) is 31.4 Å². The summed E-state index contributed by atoms with van der Waals surface area (Å²) in [4.78, 5) is 42.7. The van der Waals surface area contributed by atoms with Crippen LogP contribution in [-0.4, -0.2) is 51.5 Å². The summed E-state index contributed by atoms with van der Waals surface area (Å²) in [5, 5.41) is 11.4. The summed E-state index contributed by atoms with van der Waals surface area (Å²) >= 11 is 0. The molecular formula is C27H28F3N7O3. The Morgan fingerprint density at radius 3 is 2.58 bits per heavy atom. The molecule has 3 heterocycles. The second kappa shape index (κ2) is 11.3. The zero-order chi connectivity index (χ0) is 29.2. The van der Waals surface area contributed by atoms with Crippen LogP contribution >= 0.6 is 0 Å². The lowest BCUT2D eigenvalue weighted by molar-refractivity contribution is -0.123. The van der Waals surface area contributed by atoms with E-state index in [1.165, 1.54) is 11.6 Å². The number of nitrogens with zero attached hydrogens (tertiary/aromatic N) is 5. The molecule has 4 rings (SSSR count). The van der Waals surface area contributed by atoms with Crippen molar-refractivity contribution in [2.45, 2.75) is 45.1 Å². The highest BCUT2D eigenvalue weighted by molar-refractivity contribution is 6.11. The maximum absolute atomic E-state index is 14.0. The second-order valence-corrected chi connectivity index (χ2v) is 9.56. The zero-order valence-electron chi connectivity index (χ0n) is 22.0. The molecule has 40 heavy (non-hydrogen) atoms. The number of carbonyl (C=O) groups excluding carboxylic acids is 1. The Morgan fingerprint density at radius 2 is 1.93 bits per heavy atom. The van der Waals surface area contributed by atoms with Gasteiger partial charge in [0.25, 0.3) is 11.5 Å². The topological polar surface area (TPSA) is 131 Å². The Labute approximate surface area is 227 Å². The Bertz CT molecular complexity index is 1680. The van der Waals surface area contributed by atoms with E-state index in [2.05, 4.69) is 11.8 Å². The Kier molecular flexibility index (Phi) is 8.07. The predicted molar refractivity (Wildman–Crippen MR) is 143 cm³/mol. The summed E-state index contributed by atoms with van der Waals surface area (Å²) in [6.07, 6.45) is -3.31. The number of halogens is 3. The molecule has 13 heteroatoms. The van der Waals surface area contributed by atoms with Crippen LogP contribution in [-0.2, 0) is 20.1 Å². The van der Waals surface area contributed by atoms with Gasteiger partial charge in [0.1, 0.15) is 23.4 Å². The molecule has 1 aliphatic heterocycles. The molecule has 3 aromatic rings. The molecule has 3 N–H and O–H groups in total. The molecule has 0 aliphatic carbocycles. The molecular weight excluding hydrogens is 527 g/mol. The van der Waals surface area contributed by atoms with E-state index < -0.39 is 29.9 Å². The third kappa shape index (κ3) is 5.46. The number of rotatable bonds is 6. The Morgan fingerprint density at radius 1 is 1.20 bits per heavy atom. The van der Waals surface area contributed by atoms with Crippen LogP contribution < -0.4 is 27.2 Å². The van der Waals surface area contributed by atoms with Crippen molar-refractivity contribution in [1.82, 2.24) is 19.0 Å². The van der Waals surface area contributed by atoms with Crippen LogP contribution in [0.5, 0.6) is 0 Å². The number of benzene rings is 1. The number of hydrogen-bond donors (Lipinski definition) is 2. The second-order valence-electron chi connectivity index (χ2n) is 9.56. The summed E-state index contributed by atoms with van der Waals surface area (Å²) in [5.74, 6) is 4.70. The van der Waals surface area contributed by atoms with Crippen molar-refractivity contribution in [2.75, 3.05) is 24.5 Å². The fraction of sp³-hybridized carbons (Fsp3) is 0.407. The number of nitrogens with two attached hydrogens (primary N) is 1. The first-order chi connectivity index (χ1) is 19.0. The molecule has 0 spiro atoms. The fourth-order valence-corrected chi connectivity index (χ4v) is 5.03. The number of nitriles is 1. The number of aromatic nitrogens is 3. The lowest BCUT2D eigenvalue weighted by atomic mass is 10.1. The van der Waals surface area contributed by atoms with Gasteiger partial charge in [-0.25, -0.2) is 4.79 Å². The first kappa shape index (κ1) is 28.5. The van der Waals surface area contributed by atoms with Crippen LogP contribution in [0.4, 0.5) is 19.0 Å². The highest BCUT2D eigenvalue weighted by atomic mass is 19.4. The summed E-state index contributed by atoms with van der Waals surface area (Å²) in [5.41, 5.74) is 4.95. The molecule has 2 aromatic heterocycles. The lowest BCUT2D eigenvalue weighted by Gasteiger charge is -2.33. The van der Waals surface area contributed by atoms with Gasteiger partial charge in [0.2, 0.25) is 0 Å². The van der Waals surface area contributed by atoms with Gasteiger partial charge in [-0.15, -0.1) is 5.92 Å². The molecule has 1 fully saturated rings. The first-order valence-corrected chi connectivity index (χ1v) is 12.6. The van der Waals surface area contributed by atoms with Crippen molar-refractivity contribution >= 4 is 22.8 Å². The minimum Gasteiger partial charge on any atom is -0.356 e. The van der Waals surface area contributed by atoms with Gasteiger partial charge in [-0.3, -0.25) is 18.7 Å². The fourth-order valence-electron chi connectivity index (χ4n) is 5.03. The number of hydrogen-bond acceptors (Lipinski definition) is 6. The van der Waals surface area contributed by atoms with E-state index in [-0.39, 0.29) is 53.7 Å². The Hall–Kier alpha value is -4.49. The van der Waals surface area contributed by atoms with E-state index in [0.29, 0.717) is 24.9 Å². The van der Waals surface area contributed by atoms with Gasteiger partial charge in [-0.2, -0.15) is 18.4 Å². The van der Waals surface area contributed by atoms with Crippen molar-refractivity contribution < 1.29 is 18.0 Å². The number of fused-ring (bicyclic) bond motifs is 1. The number of amides is 1. The van der Waals surface area contributed by atoms with Gasteiger partial charge < -0.3 is 20.5 Å². The van der Waals surface area contributed by atoms with Crippen LogP contribution in [0.1, 0.15) is 41.3 Å². The lowest BCUT2D eigenvalue weighted by Crippen LogP contribution is -2.44. The summed E-state index contributed by atoms with van der Waals surface area (Å²) < 4.78 is 42.7. The van der Waals surface area contributed by atoms with E-state index in [4.69, 9.17) is 5.73 Å². The van der Waals surface area contributed by atoms with Crippen molar-refractivity contribution in [1.29, 1.82) is 5.26 Å². The number of carbonyl (C=O) groups is 1. The van der Waals surface area contributed by atoms with Crippen molar-refractivity contribution in [3.63, 3.8) is 0 Å². The third-order valence-electron chi connectivity index (χ3n) is 6.83. The third-order valence-corrected chi connectivity index (χ3v) is 6.83. The average molecular weight is 556 g/mol. The van der Waals surface area contributed by atoms with Crippen molar-refractivity contribution in [3.8, 4) is 17.9 Å². The molecule has 10 nitrogen and oxygen atoms in total. The smallest absolute Gasteiger partial charge is 0.356 e. The van der Waals surface area contributed by atoms with Crippen molar-refractivity contribution in [3.05, 3.63) is 61.8 Å². The normalized spacial score (nSPS) is 15.4. The van der Waals surface area contributed by atoms with E-state index in [9.17, 15) is 32.8 Å². The highest BCUT2D eigenvalue weighted by Crippen LogP contribution is 2.33. The summed E-state index contributed by atoms with van der Waals surface area (Å²) in [6.45, 7) is 0.417. The molecule has 1 amide bonds. The molecule has 1 atom stereocenters. The van der Waals surface area contributed by atoms with E-state index in [0.717, 1.165) is 9.13 Å². The average Bonchev–Trinajstić information content (AvgIpc) is 3.26. The maximum atomic E-state index is 14.0. The number of anilines is 1. The standard InChI is InChI=1S/C27H28F3N7O3/c1-3-4-12-36-22-21(34(2)26(40)37(25(22)39)14-18-9-6-5-8-17(18)13-31)20(23(38)33-16-27(28,29)30)24(36)35-11-7-10-19(32)15-35/h5-6,8-9,19H,7,10-12,14-16,32H2,1-2H3,(H,33,38)/t19-/m1/s1. The summed E-state index contributed by atoms with van der Waals surface area (Å²) in [6, 6.07) is 8.27. The zero-order valence-corrected chi connectivity index (χ0v) is 22.0. The van der Waals surface area contributed by atoms with E-state index >= 15 is 0 Å². The van der Waals surface area contributed by atoms with Crippen molar-refractivity contribution in [2.24, 2.45) is 12.8 Å². The molecule has 0 saturated carbocycles. The first-order valence-electron chi connectivity index (χ1n) is 12.6. The number of aryl methyl sites for hydroxylation is 1.